The summed E-state index contributed by atoms with van der Waals surface area (Å²) < 4.78 is 12.9. The van der Waals surface area contributed by atoms with Gasteiger partial charge in [0, 0.05) is 12.6 Å². The van der Waals surface area contributed by atoms with Gasteiger partial charge in [-0.2, -0.15) is 0 Å². The Balaban J connectivity index is 1.51. The Hall–Kier alpha value is -2.87. The van der Waals surface area contributed by atoms with Gasteiger partial charge < -0.3 is 5.32 Å². The average Bonchev–Trinajstić information content (AvgIpc) is 3.03. The molecule has 1 aromatic carbocycles. The highest BCUT2D eigenvalue weighted by Crippen LogP contribution is 2.18. The summed E-state index contributed by atoms with van der Waals surface area (Å²) in [5.41, 5.74) is 1.70. The van der Waals surface area contributed by atoms with Crippen LogP contribution in [0.5, 0.6) is 0 Å². The minimum absolute atomic E-state index is 0.275. The summed E-state index contributed by atoms with van der Waals surface area (Å²) >= 11 is 1.28. The third-order valence-corrected chi connectivity index (χ3v) is 3.95. The largest absolute Gasteiger partial charge is 0.332 e. The van der Waals surface area contributed by atoms with Crippen LogP contribution in [-0.4, -0.2) is 21.2 Å². The number of aromatic nitrogens is 3. The van der Waals surface area contributed by atoms with Crippen LogP contribution in [0.1, 0.15) is 16.3 Å². The number of nitrogens with zero attached hydrogens (tertiary/aromatic N) is 3. The first-order chi connectivity index (χ1) is 11.7. The fraction of sp³-hybridized carbons (Fsp3) is 0.125. The fourth-order valence-electron chi connectivity index (χ4n) is 1.97. The number of urea groups is 1. The summed E-state index contributed by atoms with van der Waals surface area (Å²) in [7, 11) is 0. The number of anilines is 1. The third-order valence-electron chi connectivity index (χ3n) is 3.11. The number of carbonyl (C=O) groups excluding carboxylic acids is 1. The molecule has 0 bridgehead atoms. The molecule has 0 atom stereocenters. The number of pyridine rings is 1. The van der Waals surface area contributed by atoms with Crippen LogP contribution in [0.15, 0.2) is 48.7 Å². The lowest BCUT2D eigenvalue weighted by molar-refractivity contribution is 0.251. The average molecular weight is 343 g/mol. The molecule has 122 valence electrons. The molecule has 2 aromatic heterocycles. The van der Waals surface area contributed by atoms with Crippen molar-refractivity contribution in [3.05, 3.63) is 70.7 Å². The molecule has 2 N–H and O–H groups in total. The van der Waals surface area contributed by atoms with Crippen molar-refractivity contribution < 1.29 is 9.18 Å². The van der Waals surface area contributed by atoms with Crippen LogP contribution in [0.3, 0.4) is 0 Å². The number of carbonyl (C=O) groups is 1. The minimum Gasteiger partial charge on any atom is -0.332 e. The highest BCUT2D eigenvalue weighted by atomic mass is 32.1. The highest BCUT2D eigenvalue weighted by Gasteiger charge is 2.09. The standard InChI is InChI=1S/C16H14FN5OS/c17-12-6-4-11(5-7-12)9-14-21-22-16(24-14)20-15(23)19-10-13-3-1-2-8-18-13/h1-8H,9-10H2,(H2,19,20,22,23). The van der Waals surface area contributed by atoms with E-state index in [1.807, 2.05) is 18.2 Å². The number of hydrogen-bond donors (Lipinski definition) is 2. The van der Waals surface area contributed by atoms with E-state index in [1.54, 1.807) is 18.3 Å². The molecule has 0 aliphatic rings. The first-order valence-electron chi connectivity index (χ1n) is 7.20. The molecule has 0 saturated carbocycles. The van der Waals surface area contributed by atoms with E-state index in [0.717, 1.165) is 16.3 Å². The van der Waals surface area contributed by atoms with Gasteiger partial charge in [0.05, 0.1) is 12.2 Å². The minimum atomic E-state index is -0.370. The van der Waals surface area contributed by atoms with Gasteiger partial charge in [0.15, 0.2) is 0 Å². The summed E-state index contributed by atoms with van der Waals surface area (Å²) in [6.45, 7) is 0.327. The molecule has 0 radical (unpaired) electrons. The van der Waals surface area contributed by atoms with Gasteiger partial charge in [-0.05, 0) is 29.8 Å². The van der Waals surface area contributed by atoms with Crippen LogP contribution < -0.4 is 10.6 Å². The van der Waals surface area contributed by atoms with E-state index >= 15 is 0 Å². The number of halogens is 1. The maximum atomic E-state index is 12.9. The van der Waals surface area contributed by atoms with Gasteiger partial charge in [-0.3, -0.25) is 10.3 Å². The van der Waals surface area contributed by atoms with Crippen molar-refractivity contribution in [1.29, 1.82) is 0 Å². The van der Waals surface area contributed by atoms with Gasteiger partial charge in [0.2, 0.25) is 5.13 Å². The topological polar surface area (TPSA) is 79.8 Å². The van der Waals surface area contributed by atoms with Gasteiger partial charge in [-0.15, -0.1) is 10.2 Å². The molecule has 0 spiro atoms. The number of nitrogens with one attached hydrogen (secondary N) is 2. The van der Waals surface area contributed by atoms with E-state index in [-0.39, 0.29) is 11.8 Å². The maximum Gasteiger partial charge on any atom is 0.321 e. The van der Waals surface area contributed by atoms with E-state index in [1.165, 1.54) is 23.5 Å². The molecule has 0 fully saturated rings. The molecule has 2 amide bonds. The molecule has 8 heteroatoms. The second-order valence-electron chi connectivity index (χ2n) is 4.93. The van der Waals surface area contributed by atoms with Crippen molar-refractivity contribution >= 4 is 22.5 Å². The van der Waals surface area contributed by atoms with Crippen molar-refractivity contribution in [2.24, 2.45) is 0 Å². The van der Waals surface area contributed by atoms with Gasteiger partial charge in [0.25, 0.3) is 0 Å². The first kappa shape index (κ1) is 16.0. The third kappa shape index (κ3) is 4.56. The molecule has 3 aromatic rings. The Bertz CT molecular complexity index is 807. The van der Waals surface area contributed by atoms with Crippen LogP contribution in [0.4, 0.5) is 14.3 Å². The normalized spacial score (nSPS) is 10.4. The zero-order chi connectivity index (χ0) is 16.8. The highest BCUT2D eigenvalue weighted by molar-refractivity contribution is 7.15. The fourth-order valence-corrected chi connectivity index (χ4v) is 2.74. The molecule has 0 saturated heterocycles. The SMILES string of the molecule is O=C(NCc1ccccn1)Nc1nnc(Cc2ccc(F)cc2)s1. The Morgan fingerprint density at radius 2 is 1.96 bits per heavy atom. The van der Waals surface area contributed by atoms with Crippen molar-refractivity contribution in [3.63, 3.8) is 0 Å². The lowest BCUT2D eigenvalue weighted by atomic mass is 10.2. The lowest BCUT2D eigenvalue weighted by Crippen LogP contribution is -2.28. The van der Waals surface area contributed by atoms with Crippen LogP contribution in [-0.2, 0) is 13.0 Å². The Morgan fingerprint density at radius 1 is 1.12 bits per heavy atom. The summed E-state index contributed by atoms with van der Waals surface area (Å²) in [6, 6.07) is 11.3. The molecule has 0 aliphatic heterocycles. The number of benzene rings is 1. The molecule has 24 heavy (non-hydrogen) atoms. The van der Waals surface area contributed by atoms with E-state index in [4.69, 9.17) is 0 Å². The number of rotatable bonds is 5. The predicted octanol–water partition coefficient (Wildman–Crippen LogP) is 2.98. The quantitative estimate of drug-likeness (QED) is 0.746. The number of hydrogen-bond acceptors (Lipinski definition) is 5. The van der Waals surface area contributed by atoms with Gasteiger partial charge in [0.1, 0.15) is 10.8 Å². The molecule has 0 unspecified atom stereocenters. The van der Waals surface area contributed by atoms with Crippen LogP contribution in [0.25, 0.3) is 0 Å². The maximum absolute atomic E-state index is 12.9. The molecule has 2 heterocycles. The molecular weight excluding hydrogens is 329 g/mol. The zero-order valence-corrected chi connectivity index (χ0v) is 13.4. The van der Waals surface area contributed by atoms with Gasteiger partial charge in [-0.25, -0.2) is 9.18 Å². The van der Waals surface area contributed by atoms with Crippen LogP contribution in [0, 0.1) is 5.82 Å². The second-order valence-corrected chi connectivity index (χ2v) is 6.00. The number of amides is 2. The Morgan fingerprint density at radius 3 is 2.71 bits per heavy atom. The molecule has 3 rings (SSSR count). The van der Waals surface area contributed by atoms with Crippen LogP contribution in [0.2, 0.25) is 0 Å². The summed E-state index contributed by atoms with van der Waals surface area (Å²) in [6.07, 6.45) is 2.20. The molecule has 6 nitrogen and oxygen atoms in total. The second kappa shape index (κ2) is 7.60. The van der Waals surface area contributed by atoms with Crippen molar-refractivity contribution in [2.75, 3.05) is 5.32 Å². The summed E-state index contributed by atoms with van der Waals surface area (Å²) in [5.74, 6) is -0.275. The predicted molar refractivity (Wildman–Crippen MR) is 89.2 cm³/mol. The monoisotopic (exact) mass is 343 g/mol. The Labute approximate surface area is 141 Å². The van der Waals surface area contributed by atoms with Crippen molar-refractivity contribution in [2.45, 2.75) is 13.0 Å². The smallest absolute Gasteiger partial charge is 0.321 e. The zero-order valence-electron chi connectivity index (χ0n) is 12.6. The van der Waals surface area contributed by atoms with Crippen molar-refractivity contribution in [1.82, 2.24) is 20.5 Å². The Kier molecular flexibility index (Phi) is 5.07. The van der Waals surface area contributed by atoms with E-state index in [2.05, 4.69) is 25.8 Å². The lowest BCUT2D eigenvalue weighted by Gasteiger charge is -2.04. The van der Waals surface area contributed by atoms with E-state index in [9.17, 15) is 9.18 Å². The first-order valence-corrected chi connectivity index (χ1v) is 8.02. The molecular formula is C16H14FN5OS. The summed E-state index contributed by atoms with van der Waals surface area (Å²) in [4.78, 5) is 16.0. The molecule has 0 aliphatic carbocycles. The van der Waals surface area contributed by atoms with Gasteiger partial charge in [-0.1, -0.05) is 29.5 Å². The van der Waals surface area contributed by atoms with Crippen LogP contribution >= 0.6 is 11.3 Å². The van der Waals surface area contributed by atoms with E-state index < -0.39 is 0 Å². The van der Waals surface area contributed by atoms with Gasteiger partial charge >= 0.3 is 6.03 Å². The summed E-state index contributed by atoms with van der Waals surface area (Å²) in [5, 5.41) is 14.4. The van der Waals surface area contributed by atoms with Crippen molar-refractivity contribution in [3.8, 4) is 0 Å². The van der Waals surface area contributed by atoms with E-state index in [0.29, 0.717) is 18.1 Å².